The van der Waals surface area contributed by atoms with Crippen LogP contribution in [0, 0.1) is 0 Å². The van der Waals surface area contributed by atoms with E-state index in [1.165, 1.54) is 0 Å². The fourth-order valence-electron chi connectivity index (χ4n) is 0.294. The Morgan fingerprint density at radius 1 is 1.75 bits per heavy atom. The highest BCUT2D eigenvalue weighted by molar-refractivity contribution is 8.50. The Labute approximate surface area is 54.7 Å². The summed E-state index contributed by atoms with van der Waals surface area (Å²) in [5, 5.41) is 8.19. The Bertz CT molecular complexity index is 96.7. The third-order valence-corrected chi connectivity index (χ3v) is 1.73. The molecule has 0 rings (SSSR count). The van der Waals surface area contributed by atoms with E-state index in [-0.39, 0.29) is 5.75 Å². The molecular formula is C4H9ClO2S. The standard InChI is InChI=1S/C4H9ClO2S/c1-8(2,5)3-4(6)7/h3H2,1-2H3,(H,6,7). The highest BCUT2D eigenvalue weighted by Crippen LogP contribution is 2.44. The van der Waals surface area contributed by atoms with Crippen molar-refractivity contribution in [2.45, 2.75) is 0 Å². The smallest absolute Gasteiger partial charge is 0.312 e. The van der Waals surface area contributed by atoms with E-state index in [0.717, 1.165) is 0 Å². The minimum absolute atomic E-state index is 0.0918. The van der Waals surface area contributed by atoms with E-state index in [0.29, 0.717) is 0 Å². The van der Waals surface area contributed by atoms with Gasteiger partial charge in [0.05, 0.1) is 5.75 Å². The predicted octanol–water partition coefficient (Wildman–Crippen LogP) is 1.29. The maximum atomic E-state index is 9.95. The number of hydrogen-bond acceptors (Lipinski definition) is 1. The molecule has 0 saturated carbocycles. The minimum atomic E-state index is -1.35. The summed E-state index contributed by atoms with van der Waals surface area (Å²) < 4.78 is 0. The summed E-state index contributed by atoms with van der Waals surface area (Å²) >= 11 is 0. The molecule has 0 spiro atoms. The maximum Gasteiger partial charge on any atom is 0.312 e. The lowest BCUT2D eigenvalue weighted by Crippen LogP contribution is -2.05. The molecule has 0 aliphatic heterocycles. The lowest BCUT2D eigenvalue weighted by Gasteiger charge is -2.17. The average Bonchev–Trinajstić information content (AvgIpc) is 1.21. The molecule has 0 saturated heterocycles. The van der Waals surface area contributed by atoms with E-state index in [4.69, 9.17) is 15.8 Å². The summed E-state index contributed by atoms with van der Waals surface area (Å²) in [6.07, 6.45) is 3.51. The van der Waals surface area contributed by atoms with Crippen LogP contribution in [0.25, 0.3) is 0 Å². The topological polar surface area (TPSA) is 37.3 Å². The molecule has 0 aromatic rings. The Kier molecular flexibility index (Phi) is 2.63. The van der Waals surface area contributed by atoms with E-state index in [9.17, 15) is 4.79 Å². The zero-order valence-electron chi connectivity index (χ0n) is 4.85. The van der Waals surface area contributed by atoms with Gasteiger partial charge in [0, 0.05) is 0 Å². The van der Waals surface area contributed by atoms with Crippen LogP contribution in [0.15, 0.2) is 0 Å². The summed E-state index contributed by atoms with van der Waals surface area (Å²) in [4.78, 5) is 9.95. The zero-order chi connectivity index (χ0) is 6.78. The molecule has 4 heteroatoms. The van der Waals surface area contributed by atoms with Gasteiger partial charge >= 0.3 is 5.97 Å². The Hall–Kier alpha value is 0.110. The van der Waals surface area contributed by atoms with Crippen LogP contribution in [0.1, 0.15) is 0 Å². The van der Waals surface area contributed by atoms with Gasteiger partial charge in [0.15, 0.2) is 0 Å². The van der Waals surface area contributed by atoms with Gasteiger partial charge in [0.2, 0.25) is 0 Å². The molecule has 50 valence electrons. The van der Waals surface area contributed by atoms with Gasteiger partial charge in [-0.15, -0.1) is 0 Å². The molecule has 0 amide bonds. The summed E-state index contributed by atoms with van der Waals surface area (Å²) in [6, 6.07) is 0. The highest BCUT2D eigenvalue weighted by atomic mass is 35.7. The largest absolute Gasteiger partial charge is 0.481 e. The number of carboxylic acid groups (broad SMARTS) is 1. The molecule has 0 aromatic carbocycles. The van der Waals surface area contributed by atoms with Crippen LogP contribution in [-0.2, 0) is 4.79 Å². The van der Waals surface area contributed by atoms with Crippen molar-refractivity contribution >= 4 is 25.9 Å². The lowest BCUT2D eigenvalue weighted by molar-refractivity contribution is -0.133. The summed E-state index contributed by atoms with van der Waals surface area (Å²) in [6.45, 7) is 0. The summed E-state index contributed by atoms with van der Waals surface area (Å²) in [7, 11) is 4.28. The molecule has 0 aliphatic rings. The van der Waals surface area contributed by atoms with Gasteiger partial charge in [-0.1, -0.05) is 10.7 Å². The molecule has 0 aliphatic carbocycles. The van der Waals surface area contributed by atoms with Crippen molar-refractivity contribution in [3.05, 3.63) is 0 Å². The van der Waals surface area contributed by atoms with Gasteiger partial charge in [-0.05, 0) is 12.5 Å². The van der Waals surface area contributed by atoms with Crippen LogP contribution in [-0.4, -0.2) is 29.3 Å². The predicted molar refractivity (Wildman–Crippen MR) is 37.8 cm³/mol. The molecule has 0 radical (unpaired) electrons. The maximum absolute atomic E-state index is 9.95. The van der Waals surface area contributed by atoms with Crippen molar-refractivity contribution in [3.63, 3.8) is 0 Å². The molecule has 2 nitrogen and oxygen atoms in total. The monoisotopic (exact) mass is 156 g/mol. The quantitative estimate of drug-likeness (QED) is 0.654. The zero-order valence-corrected chi connectivity index (χ0v) is 6.42. The number of aliphatic carboxylic acids is 1. The third kappa shape index (κ3) is 6.11. The molecule has 0 unspecified atom stereocenters. The fourth-order valence-corrected chi connectivity index (χ4v) is 1.16. The first kappa shape index (κ1) is 8.11. The van der Waals surface area contributed by atoms with Gasteiger partial charge in [-0.2, -0.15) is 9.24 Å². The van der Waals surface area contributed by atoms with Crippen LogP contribution >= 0.6 is 19.9 Å². The van der Waals surface area contributed by atoms with E-state index < -0.39 is 15.2 Å². The second-order valence-corrected chi connectivity index (χ2v) is 7.54. The van der Waals surface area contributed by atoms with Crippen molar-refractivity contribution in [2.75, 3.05) is 18.3 Å². The first-order valence-electron chi connectivity index (χ1n) is 2.04. The number of carbonyl (C=O) groups is 1. The van der Waals surface area contributed by atoms with E-state index >= 15 is 0 Å². The Balaban J connectivity index is 3.55. The number of halogens is 1. The second-order valence-electron chi connectivity index (χ2n) is 1.94. The molecule has 0 heterocycles. The van der Waals surface area contributed by atoms with Gasteiger partial charge in [0.25, 0.3) is 0 Å². The summed E-state index contributed by atoms with van der Waals surface area (Å²) in [5.41, 5.74) is 0. The summed E-state index contributed by atoms with van der Waals surface area (Å²) in [5.74, 6) is -0.728. The number of hydrogen-bond donors (Lipinski definition) is 1. The van der Waals surface area contributed by atoms with Crippen molar-refractivity contribution in [2.24, 2.45) is 0 Å². The highest BCUT2D eigenvalue weighted by Gasteiger charge is 2.10. The first-order valence-corrected chi connectivity index (χ1v) is 5.49. The Morgan fingerprint density at radius 3 is 2.12 bits per heavy atom. The van der Waals surface area contributed by atoms with Crippen molar-refractivity contribution in [1.29, 1.82) is 0 Å². The van der Waals surface area contributed by atoms with Gasteiger partial charge in [-0.3, -0.25) is 4.79 Å². The van der Waals surface area contributed by atoms with Crippen molar-refractivity contribution in [1.82, 2.24) is 0 Å². The molecular weight excluding hydrogens is 148 g/mol. The SMILES string of the molecule is CS(C)(Cl)CC(=O)O. The molecule has 0 bridgehead atoms. The van der Waals surface area contributed by atoms with Crippen molar-refractivity contribution in [3.8, 4) is 0 Å². The molecule has 8 heavy (non-hydrogen) atoms. The lowest BCUT2D eigenvalue weighted by atomic mass is 10.8. The van der Waals surface area contributed by atoms with Crippen LogP contribution in [0.3, 0.4) is 0 Å². The van der Waals surface area contributed by atoms with Crippen LogP contribution < -0.4 is 0 Å². The van der Waals surface area contributed by atoms with Gasteiger partial charge < -0.3 is 5.11 Å². The van der Waals surface area contributed by atoms with Crippen molar-refractivity contribution < 1.29 is 9.90 Å². The minimum Gasteiger partial charge on any atom is -0.481 e. The van der Waals surface area contributed by atoms with E-state index in [1.807, 2.05) is 0 Å². The average molecular weight is 157 g/mol. The van der Waals surface area contributed by atoms with Gasteiger partial charge in [-0.25, -0.2) is 0 Å². The molecule has 0 atom stereocenters. The van der Waals surface area contributed by atoms with E-state index in [1.54, 1.807) is 12.5 Å². The number of rotatable bonds is 2. The molecule has 0 fully saturated rings. The van der Waals surface area contributed by atoms with Gasteiger partial charge in [0.1, 0.15) is 0 Å². The van der Waals surface area contributed by atoms with Crippen LogP contribution in [0.5, 0.6) is 0 Å². The van der Waals surface area contributed by atoms with Crippen LogP contribution in [0.2, 0.25) is 0 Å². The molecule has 1 N–H and O–H groups in total. The third-order valence-electron chi connectivity index (χ3n) is 0.467. The Morgan fingerprint density at radius 2 is 2.12 bits per heavy atom. The van der Waals surface area contributed by atoms with Crippen LogP contribution in [0.4, 0.5) is 0 Å². The normalized spacial score (nSPS) is 13.4. The van der Waals surface area contributed by atoms with E-state index in [2.05, 4.69) is 0 Å². The molecule has 0 aromatic heterocycles. The first-order chi connectivity index (χ1) is 3.42. The number of carboxylic acids is 1. The second kappa shape index (κ2) is 2.60. The fraction of sp³-hybridized carbons (Fsp3) is 0.750.